The number of rotatable bonds is 2. The molecule has 126 valence electrons. The number of aryl methyl sites for hydroxylation is 2. The molecule has 1 aliphatic heterocycles. The molecule has 1 aromatic carbocycles. The maximum Gasteiger partial charge on any atom is 0.259 e. The van der Waals surface area contributed by atoms with Crippen molar-refractivity contribution in [3.05, 3.63) is 51.3 Å². The van der Waals surface area contributed by atoms with Gasteiger partial charge in [0.05, 0.1) is 5.69 Å². The van der Waals surface area contributed by atoms with Crippen molar-refractivity contribution in [3.63, 3.8) is 0 Å². The van der Waals surface area contributed by atoms with E-state index < -0.39 is 0 Å². The van der Waals surface area contributed by atoms with Crippen LogP contribution >= 0.6 is 15.9 Å². The first-order chi connectivity index (χ1) is 11.5. The Hall–Kier alpha value is -2.15. The SMILES string of the molecule is Cc1noc(C)c1C(=O)N1CCN(C(=O)c2ccc(Br)cc2)CC1. The fourth-order valence-corrected chi connectivity index (χ4v) is 3.10. The van der Waals surface area contributed by atoms with Crippen LogP contribution in [0.2, 0.25) is 0 Å². The third-order valence-corrected chi connectivity index (χ3v) is 4.72. The maximum atomic E-state index is 12.6. The Morgan fingerprint density at radius 3 is 2.04 bits per heavy atom. The van der Waals surface area contributed by atoms with Crippen LogP contribution in [0.4, 0.5) is 0 Å². The highest BCUT2D eigenvalue weighted by molar-refractivity contribution is 9.10. The number of nitrogens with zero attached hydrogens (tertiary/aromatic N) is 3. The van der Waals surface area contributed by atoms with Gasteiger partial charge in [0.25, 0.3) is 11.8 Å². The average Bonchev–Trinajstić information content (AvgIpc) is 2.93. The third kappa shape index (κ3) is 3.21. The monoisotopic (exact) mass is 391 g/mol. The lowest BCUT2D eigenvalue weighted by molar-refractivity contribution is 0.0534. The number of piperazine rings is 1. The number of carbonyl (C=O) groups is 2. The molecule has 1 saturated heterocycles. The molecule has 0 aliphatic carbocycles. The molecule has 0 radical (unpaired) electrons. The first-order valence-corrected chi connectivity index (χ1v) is 8.53. The van der Waals surface area contributed by atoms with Crippen molar-refractivity contribution in [2.45, 2.75) is 13.8 Å². The Labute approximate surface area is 148 Å². The van der Waals surface area contributed by atoms with Crippen LogP contribution in [0.15, 0.2) is 33.3 Å². The normalized spacial score (nSPS) is 14.8. The fourth-order valence-electron chi connectivity index (χ4n) is 2.83. The second kappa shape index (κ2) is 6.76. The summed E-state index contributed by atoms with van der Waals surface area (Å²) in [7, 11) is 0. The molecule has 6 nitrogen and oxygen atoms in total. The van der Waals surface area contributed by atoms with Crippen LogP contribution in [-0.4, -0.2) is 52.9 Å². The molecule has 24 heavy (non-hydrogen) atoms. The molecular weight excluding hydrogens is 374 g/mol. The zero-order valence-corrected chi connectivity index (χ0v) is 15.2. The highest BCUT2D eigenvalue weighted by Crippen LogP contribution is 2.18. The zero-order chi connectivity index (χ0) is 17.3. The van der Waals surface area contributed by atoms with Crippen molar-refractivity contribution in [2.75, 3.05) is 26.2 Å². The summed E-state index contributed by atoms with van der Waals surface area (Å²) >= 11 is 3.36. The third-order valence-electron chi connectivity index (χ3n) is 4.19. The summed E-state index contributed by atoms with van der Waals surface area (Å²) in [5, 5.41) is 3.83. The van der Waals surface area contributed by atoms with Gasteiger partial charge in [-0.05, 0) is 38.1 Å². The van der Waals surface area contributed by atoms with Gasteiger partial charge in [0.15, 0.2) is 0 Å². The van der Waals surface area contributed by atoms with E-state index in [2.05, 4.69) is 21.1 Å². The largest absolute Gasteiger partial charge is 0.361 e. The zero-order valence-electron chi connectivity index (χ0n) is 13.6. The van der Waals surface area contributed by atoms with Gasteiger partial charge in [-0.3, -0.25) is 9.59 Å². The highest BCUT2D eigenvalue weighted by atomic mass is 79.9. The summed E-state index contributed by atoms with van der Waals surface area (Å²) in [5.41, 5.74) is 1.79. The molecule has 3 rings (SSSR count). The van der Waals surface area contributed by atoms with E-state index >= 15 is 0 Å². The van der Waals surface area contributed by atoms with E-state index in [-0.39, 0.29) is 11.8 Å². The van der Waals surface area contributed by atoms with Crippen LogP contribution in [-0.2, 0) is 0 Å². The topological polar surface area (TPSA) is 66.7 Å². The van der Waals surface area contributed by atoms with Crippen molar-refractivity contribution in [1.29, 1.82) is 0 Å². The van der Waals surface area contributed by atoms with Crippen LogP contribution in [0, 0.1) is 13.8 Å². The highest BCUT2D eigenvalue weighted by Gasteiger charge is 2.28. The molecule has 2 aromatic rings. The molecule has 0 saturated carbocycles. The van der Waals surface area contributed by atoms with Gasteiger partial charge in [-0.25, -0.2) is 0 Å². The number of hydrogen-bond acceptors (Lipinski definition) is 4. The van der Waals surface area contributed by atoms with Crippen molar-refractivity contribution < 1.29 is 14.1 Å². The predicted octanol–water partition coefficient (Wildman–Crippen LogP) is 2.65. The number of aromatic nitrogens is 1. The Kier molecular flexibility index (Phi) is 4.71. The van der Waals surface area contributed by atoms with Crippen molar-refractivity contribution >= 4 is 27.7 Å². The maximum absolute atomic E-state index is 12.6. The molecular formula is C17H18BrN3O3. The van der Waals surface area contributed by atoms with E-state index in [4.69, 9.17) is 4.52 Å². The summed E-state index contributed by atoms with van der Waals surface area (Å²) in [4.78, 5) is 28.6. The molecule has 2 amide bonds. The van der Waals surface area contributed by atoms with Crippen LogP contribution in [0.1, 0.15) is 32.2 Å². The van der Waals surface area contributed by atoms with E-state index in [9.17, 15) is 9.59 Å². The van der Waals surface area contributed by atoms with Gasteiger partial charge in [0.1, 0.15) is 11.3 Å². The summed E-state index contributed by atoms with van der Waals surface area (Å²) in [6, 6.07) is 7.30. The van der Waals surface area contributed by atoms with Crippen molar-refractivity contribution in [3.8, 4) is 0 Å². The number of benzene rings is 1. The van der Waals surface area contributed by atoms with Gasteiger partial charge in [0.2, 0.25) is 0 Å². The lowest BCUT2D eigenvalue weighted by Crippen LogP contribution is -2.50. The van der Waals surface area contributed by atoms with Gasteiger partial charge in [-0.1, -0.05) is 21.1 Å². The van der Waals surface area contributed by atoms with Gasteiger partial charge >= 0.3 is 0 Å². The van der Waals surface area contributed by atoms with Crippen LogP contribution in [0.25, 0.3) is 0 Å². The predicted molar refractivity (Wildman–Crippen MR) is 91.9 cm³/mol. The summed E-state index contributed by atoms with van der Waals surface area (Å²) in [6.45, 7) is 5.54. The molecule has 7 heteroatoms. The van der Waals surface area contributed by atoms with E-state index in [1.807, 2.05) is 12.1 Å². The minimum atomic E-state index is -0.0815. The minimum absolute atomic E-state index is 0.00746. The molecule has 2 heterocycles. The Morgan fingerprint density at radius 1 is 1.00 bits per heavy atom. The number of halogens is 1. The molecule has 1 aliphatic rings. The second-order valence-corrected chi connectivity index (χ2v) is 6.71. The van der Waals surface area contributed by atoms with Gasteiger partial charge in [-0.2, -0.15) is 0 Å². The number of carbonyl (C=O) groups excluding carboxylic acids is 2. The first-order valence-electron chi connectivity index (χ1n) is 7.74. The molecule has 0 unspecified atom stereocenters. The average molecular weight is 392 g/mol. The van der Waals surface area contributed by atoms with E-state index in [1.54, 1.807) is 35.8 Å². The summed E-state index contributed by atoms with van der Waals surface area (Å²) in [6.07, 6.45) is 0. The van der Waals surface area contributed by atoms with Crippen molar-refractivity contribution in [1.82, 2.24) is 15.0 Å². The van der Waals surface area contributed by atoms with Gasteiger partial charge in [-0.15, -0.1) is 0 Å². The van der Waals surface area contributed by atoms with Crippen LogP contribution in [0.5, 0.6) is 0 Å². The Morgan fingerprint density at radius 2 is 1.54 bits per heavy atom. The minimum Gasteiger partial charge on any atom is -0.361 e. The van der Waals surface area contributed by atoms with Gasteiger partial charge in [0, 0.05) is 36.2 Å². The quantitative estimate of drug-likeness (QED) is 0.788. The smallest absolute Gasteiger partial charge is 0.259 e. The van der Waals surface area contributed by atoms with Crippen molar-refractivity contribution in [2.24, 2.45) is 0 Å². The van der Waals surface area contributed by atoms with E-state index in [1.165, 1.54) is 0 Å². The van der Waals surface area contributed by atoms with Gasteiger partial charge < -0.3 is 14.3 Å². The first kappa shape index (κ1) is 16.7. The summed E-state index contributed by atoms with van der Waals surface area (Å²) < 4.78 is 6.01. The molecule has 1 aromatic heterocycles. The lowest BCUT2D eigenvalue weighted by atomic mass is 10.1. The lowest BCUT2D eigenvalue weighted by Gasteiger charge is -2.34. The molecule has 0 spiro atoms. The Balaban J connectivity index is 1.64. The molecule has 1 fully saturated rings. The Bertz CT molecular complexity index is 742. The second-order valence-electron chi connectivity index (χ2n) is 5.79. The van der Waals surface area contributed by atoms with Crippen LogP contribution in [0.3, 0.4) is 0 Å². The summed E-state index contributed by atoms with van der Waals surface area (Å²) in [5.74, 6) is 0.444. The molecule has 0 N–H and O–H groups in total. The van der Waals surface area contributed by atoms with E-state index in [0.717, 1.165) is 4.47 Å². The van der Waals surface area contributed by atoms with Crippen LogP contribution < -0.4 is 0 Å². The standard InChI is InChI=1S/C17H18BrN3O3/c1-11-15(12(2)24-19-11)17(23)21-9-7-20(8-10-21)16(22)13-3-5-14(18)6-4-13/h3-6H,7-10H2,1-2H3. The molecule has 0 bridgehead atoms. The fraction of sp³-hybridized carbons (Fsp3) is 0.353. The number of amides is 2. The number of hydrogen-bond donors (Lipinski definition) is 0. The van der Waals surface area contributed by atoms with E-state index in [0.29, 0.717) is 48.8 Å². The molecule has 0 atom stereocenters.